The Morgan fingerprint density at radius 3 is 2.50 bits per heavy atom. The van der Waals surface area contributed by atoms with Gasteiger partial charge in [0, 0.05) is 5.69 Å². The molecule has 11 heteroatoms. The van der Waals surface area contributed by atoms with Crippen molar-refractivity contribution in [1.29, 1.82) is 0 Å². The van der Waals surface area contributed by atoms with E-state index in [-0.39, 0.29) is 22.9 Å². The van der Waals surface area contributed by atoms with Crippen molar-refractivity contribution in [2.45, 2.75) is 33.5 Å². The first kappa shape index (κ1) is 25.0. The van der Waals surface area contributed by atoms with Crippen molar-refractivity contribution < 1.29 is 37.1 Å². The number of rotatable bonds is 10. The molecule has 180 valence electrons. The monoisotopic (exact) mass is 494 g/mol. The van der Waals surface area contributed by atoms with Crippen molar-refractivity contribution in [2.24, 2.45) is 0 Å². The molecule has 0 aliphatic heterocycles. The number of ether oxygens (including phenoxy) is 3. The molecule has 0 radical (unpaired) electrons. The summed E-state index contributed by atoms with van der Waals surface area (Å²) < 4.78 is 44.6. The van der Waals surface area contributed by atoms with Crippen LogP contribution in [0, 0.1) is 13.8 Å². The van der Waals surface area contributed by atoms with Crippen LogP contribution >= 0.6 is 11.6 Å². The maximum atomic E-state index is 12.3. The van der Waals surface area contributed by atoms with E-state index in [0.717, 1.165) is 11.3 Å². The maximum Gasteiger partial charge on any atom is 0.387 e. The van der Waals surface area contributed by atoms with E-state index in [4.69, 9.17) is 25.6 Å². The number of halogens is 3. The Morgan fingerprint density at radius 2 is 1.88 bits per heavy atom. The Bertz CT molecular complexity index is 1130. The van der Waals surface area contributed by atoms with Gasteiger partial charge < -0.3 is 24.1 Å². The summed E-state index contributed by atoms with van der Waals surface area (Å²) in [5.74, 6) is -0.128. The summed E-state index contributed by atoms with van der Waals surface area (Å²) in [7, 11) is 0. The molecule has 1 amide bonds. The van der Waals surface area contributed by atoms with Gasteiger partial charge in [0.25, 0.3) is 5.91 Å². The molecule has 1 aromatic heterocycles. The second-order valence-corrected chi connectivity index (χ2v) is 7.55. The third-order valence-electron chi connectivity index (χ3n) is 4.63. The van der Waals surface area contributed by atoms with Crippen molar-refractivity contribution in [2.75, 3.05) is 11.9 Å². The van der Waals surface area contributed by atoms with Crippen LogP contribution in [0.25, 0.3) is 0 Å². The number of aryl methyl sites for hydroxylation is 2. The lowest BCUT2D eigenvalue weighted by Crippen LogP contribution is -2.21. The van der Waals surface area contributed by atoms with Gasteiger partial charge in [-0.15, -0.1) is 0 Å². The minimum Gasteiger partial charge on any atom is -0.489 e. The third-order valence-corrected chi connectivity index (χ3v) is 4.93. The van der Waals surface area contributed by atoms with Crippen LogP contribution in [0.3, 0.4) is 0 Å². The second-order valence-electron chi connectivity index (χ2n) is 7.14. The topological polar surface area (TPSA) is 99.9 Å². The highest BCUT2D eigenvalue weighted by molar-refractivity contribution is 6.32. The SMILES string of the molecule is Cc1noc(C)c1COc1ccc(CC(=O)OCC(=O)Nc2ccc(OC(F)F)c(Cl)c2)cc1. The maximum absolute atomic E-state index is 12.3. The molecule has 0 spiro atoms. The number of nitrogens with zero attached hydrogens (tertiary/aromatic N) is 1. The number of anilines is 1. The van der Waals surface area contributed by atoms with Crippen LogP contribution in [-0.2, 0) is 27.4 Å². The average Bonchev–Trinajstić information content (AvgIpc) is 3.11. The number of nitrogens with one attached hydrogen (secondary N) is 1. The van der Waals surface area contributed by atoms with Gasteiger partial charge >= 0.3 is 12.6 Å². The van der Waals surface area contributed by atoms with Crippen LogP contribution in [0.2, 0.25) is 5.02 Å². The lowest BCUT2D eigenvalue weighted by molar-refractivity contribution is -0.146. The first-order valence-corrected chi connectivity index (χ1v) is 10.4. The molecule has 3 aromatic rings. The van der Waals surface area contributed by atoms with Crippen molar-refractivity contribution in [3.8, 4) is 11.5 Å². The number of amides is 1. The predicted octanol–water partition coefficient (Wildman–Crippen LogP) is 4.85. The average molecular weight is 495 g/mol. The molecular weight excluding hydrogens is 474 g/mol. The Balaban J connectivity index is 1.43. The zero-order valence-corrected chi connectivity index (χ0v) is 19.0. The third kappa shape index (κ3) is 7.17. The fourth-order valence-electron chi connectivity index (χ4n) is 2.90. The number of carbonyl (C=O) groups is 2. The Hall–Kier alpha value is -3.66. The van der Waals surface area contributed by atoms with E-state index in [1.807, 2.05) is 13.8 Å². The van der Waals surface area contributed by atoms with Gasteiger partial charge in [-0.05, 0) is 49.7 Å². The lowest BCUT2D eigenvalue weighted by Gasteiger charge is -2.10. The second kappa shape index (κ2) is 11.5. The molecule has 0 atom stereocenters. The first-order valence-electron chi connectivity index (χ1n) is 10.0. The molecule has 3 rings (SSSR count). The van der Waals surface area contributed by atoms with Crippen molar-refractivity contribution >= 4 is 29.2 Å². The van der Waals surface area contributed by atoms with Crippen molar-refractivity contribution in [3.05, 3.63) is 70.1 Å². The highest BCUT2D eigenvalue weighted by Crippen LogP contribution is 2.29. The van der Waals surface area contributed by atoms with Gasteiger partial charge in [-0.2, -0.15) is 8.78 Å². The lowest BCUT2D eigenvalue weighted by atomic mass is 10.1. The van der Waals surface area contributed by atoms with Gasteiger partial charge in [0.1, 0.15) is 23.9 Å². The normalized spacial score (nSPS) is 10.8. The van der Waals surface area contributed by atoms with Gasteiger partial charge in [0.2, 0.25) is 0 Å². The highest BCUT2D eigenvalue weighted by Gasteiger charge is 2.13. The molecule has 0 bridgehead atoms. The standard InChI is InChI=1S/C23H21ClF2N2O6/c1-13-18(14(2)34-28-13)11-31-17-6-3-15(4-7-17)9-22(30)32-12-21(29)27-16-5-8-20(19(24)10-16)33-23(25)26/h3-8,10,23H,9,11-12H2,1-2H3,(H,27,29). The van der Waals surface area contributed by atoms with Crippen LogP contribution in [-0.4, -0.2) is 30.3 Å². The Morgan fingerprint density at radius 1 is 1.15 bits per heavy atom. The summed E-state index contributed by atoms with van der Waals surface area (Å²) in [6.07, 6.45) is -0.0388. The molecule has 2 aromatic carbocycles. The predicted molar refractivity (Wildman–Crippen MR) is 118 cm³/mol. The van der Waals surface area contributed by atoms with Gasteiger partial charge in [-0.1, -0.05) is 28.9 Å². The molecule has 0 saturated carbocycles. The molecular formula is C23H21ClF2N2O6. The summed E-state index contributed by atoms with van der Waals surface area (Å²) in [5, 5.41) is 6.22. The van der Waals surface area contributed by atoms with Crippen LogP contribution in [0.5, 0.6) is 11.5 Å². The number of benzene rings is 2. The molecule has 8 nitrogen and oxygen atoms in total. The number of aromatic nitrogens is 1. The summed E-state index contributed by atoms with van der Waals surface area (Å²) in [6.45, 7) is 0.412. The van der Waals surface area contributed by atoms with Gasteiger partial charge in [0.15, 0.2) is 6.61 Å². The van der Waals surface area contributed by atoms with Crippen LogP contribution in [0.15, 0.2) is 47.0 Å². The largest absolute Gasteiger partial charge is 0.489 e. The quantitative estimate of drug-likeness (QED) is 0.402. The summed E-state index contributed by atoms with van der Waals surface area (Å²) >= 11 is 5.83. The van der Waals surface area contributed by atoms with Gasteiger partial charge in [-0.25, -0.2) is 0 Å². The molecule has 1 N–H and O–H groups in total. The Labute approximate surface area is 198 Å². The van der Waals surface area contributed by atoms with E-state index in [2.05, 4.69) is 15.2 Å². The van der Waals surface area contributed by atoms with Crippen molar-refractivity contribution in [1.82, 2.24) is 5.16 Å². The fourth-order valence-corrected chi connectivity index (χ4v) is 3.12. The molecule has 0 saturated heterocycles. The highest BCUT2D eigenvalue weighted by atomic mass is 35.5. The molecule has 0 fully saturated rings. The smallest absolute Gasteiger partial charge is 0.387 e. The number of alkyl halides is 2. The number of hydrogen-bond acceptors (Lipinski definition) is 7. The molecule has 0 aliphatic carbocycles. The number of carbonyl (C=O) groups excluding carboxylic acids is 2. The van der Waals surface area contributed by atoms with E-state index in [1.54, 1.807) is 24.3 Å². The molecule has 0 unspecified atom stereocenters. The summed E-state index contributed by atoms with van der Waals surface area (Å²) in [4.78, 5) is 24.0. The van der Waals surface area contributed by atoms with E-state index in [0.29, 0.717) is 23.7 Å². The Kier molecular flexibility index (Phi) is 8.42. The first-order chi connectivity index (χ1) is 16.2. The summed E-state index contributed by atoms with van der Waals surface area (Å²) in [6, 6.07) is 10.6. The van der Waals surface area contributed by atoms with Crippen LogP contribution in [0.4, 0.5) is 14.5 Å². The number of esters is 1. The number of hydrogen-bond donors (Lipinski definition) is 1. The zero-order chi connectivity index (χ0) is 24.7. The van der Waals surface area contributed by atoms with E-state index >= 15 is 0 Å². The zero-order valence-electron chi connectivity index (χ0n) is 18.3. The van der Waals surface area contributed by atoms with E-state index < -0.39 is 25.1 Å². The van der Waals surface area contributed by atoms with E-state index in [9.17, 15) is 18.4 Å². The summed E-state index contributed by atoms with van der Waals surface area (Å²) in [5.41, 5.74) is 2.56. The van der Waals surface area contributed by atoms with Crippen LogP contribution < -0.4 is 14.8 Å². The van der Waals surface area contributed by atoms with E-state index in [1.165, 1.54) is 18.2 Å². The minimum absolute atomic E-state index is 0.0388. The molecule has 34 heavy (non-hydrogen) atoms. The van der Waals surface area contributed by atoms with Crippen molar-refractivity contribution in [3.63, 3.8) is 0 Å². The molecule has 0 aliphatic rings. The fraction of sp³-hybridized carbons (Fsp3) is 0.261. The van der Waals surface area contributed by atoms with Gasteiger partial charge in [-0.3, -0.25) is 9.59 Å². The van der Waals surface area contributed by atoms with Crippen LogP contribution in [0.1, 0.15) is 22.6 Å². The van der Waals surface area contributed by atoms with Gasteiger partial charge in [0.05, 0.1) is 22.7 Å². The molecule has 1 heterocycles. The minimum atomic E-state index is -3.02.